The summed E-state index contributed by atoms with van der Waals surface area (Å²) < 4.78 is 16.3. The molecule has 0 N–H and O–H groups in total. The Bertz CT molecular complexity index is 1590. The van der Waals surface area contributed by atoms with Crippen molar-refractivity contribution in [3.63, 3.8) is 0 Å². The second kappa shape index (κ2) is 9.08. The van der Waals surface area contributed by atoms with Gasteiger partial charge in [0.25, 0.3) is 0 Å². The molecule has 0 amide bonds. The first-order valence-electron chi connectivity index (χ1n) is 11.8. The van der Waals surface area contributed by atoms with E-state index in [0.717, 1.165) is 11.6 Å². The standard InChI is InChI=1S/C29H19N3.H3P.Y/c1-5-14-24-20(10-1)21-11-2-6-15-25(21)31(24)28-18-9-19-29(30-28)32-26-16-7-3-12-22(26)23-13-4-8-17-27(23)32;;/h1-19H;1H3;/i;1D2;. The van der Waals surface area contributed by atoms with Gasteiger partial charge < -0.3 is 0 Å². The van der Waals surface area contributed by atoms with Crippen LogP contribution in [0.3, 0.4) is 0 Å². The molecule has 0 saturated heterocycles. The van der Waals surface area contributed by atoms with Gasteiger partial charge in [-0.25, -0.2) is 4.98 Å². The van der Waals surface area contributed by atoms with Crippen LogP contribution in [0.1, 0.15) is 0 Å². The van der Waals surface area contributed by atoms with E-state index in [1.807, 2.05) is 0 Å². The third-order valence-electron chi connectivity index (χ3n) is 6.34. The second-order valence-corrected chi connectivity index (χ2v) is 8.09. The molecule has 7 rings (SSSR count). The molecule has 1 radical (unpaired) electrons. The van der Waals surface area contributed by atoms with Gasteiger partial charge in [-0.3, -0.25) is 9.13 Å². The Morgan fingerprint density at radius 1 is 0.471 bits per heavy atom. The molecule has 0 saturated carbocycles. The summed E-state index contributed by atoms with van der Waals surface area (Å²) in [7, 11) is -0.417. The normalized spacial score (nSPS) is 11.6. The van der Waals surface area contributed by atoms with Gasteiger partial charge in [-0.1, -0.05) is 78.9 Å². The van der Waals surface area contributed by atoms with Crippen molar-refractivity contribution in [2.45, 2.75) is 0 Å². The van der Waals surface area contributed by atoms with Crippen LogP contribution in [-0.4, -0.2) is 16.7 Å². The van der Waals surface area contributed by atoms with Crippen LogP contribution < -0.4 is 0 Å². The third-order valence-corrected chi connectivity index (χ3v) is 6.34. The average Bonchev–Trinajstić information content (AvgIpc) is 3.43. The number of hydrogen-bond acceptors (Lipinski definition) is 1. The maximum Gasteiger partial charge on any atom is 0.140 e. The van der Waals surface area contributed by atoms with E-state index in [9.17, 15) is 0 Å². The number of fused-ring (bicyclic) bond motifs is 6. The Morgan fingerprint density at radius 2 is 0.765 bits per heavy atom. The topological polar surface area (TPSA) is 22.8 Å². The second-order valence-electron chi connectivity index (χ2n) is 8.09. The van der Waals surface area contributed by atoms with Crippen LogP contribution in [-0.2, 0) is 32.7 Å². The molecule has 3 heterocycles. The largest absolute Gasteiger partial charge is 0.294 e. The minimum atomic E-state index is -0.417. The number of para-hydroxylation sites is 4. The number of benzene rings is 4. The first-order valence-corrected chi connectivity index (χ1v) is 10.8. The van der Waals surface area contributed by atoms with E-state index in [1.54, 1.807) is 0 Å². The van der Waals surface area contributed by atoms with Gasteiger partial charge in [-0.15, -0.1) is 0 Å². The predicted octanol–water partition coefficient (Wildman–Crippen LogP) is 7.33. The number of aromatic nitrogens is 3. The van der Waals surface area contributed by atoms with E-state index in [2.05, 4.69) is 124 Å². The van der Waals surface area contributed by atoms with Crippen LogP contribution in [0.4, 0.5) is 0 Å². The van der Waals surface area contributed by atoms with Crippen molar-refractivity contribution < 1.29 is 32.7 Å². The van der Waals surface area contributed by atoms with Crippen LogP contribution in [0.15, 0.2) is 115 Å². The molecule has 5 heteroatoms. The summed E-state index contributed by atoms with van der Waals surface area (Å²) in [6.45, 7) is 0. The fraction of sp³-hybridized carbons (Fsp3) is 0. The molecule has 0 bridgehead atoms. The summed E-state index contributed by atoms with van der Waals surface area (Å²) in [6.07, 6.45) is 0. The Labute approximate surface area is 228 Å². The van der Waals surface area contributed by atoms with Gasteiger partial charge in [0.05, 0.1) is 24.6 Å². The molecule has 34 heavy (non-hydrogen) atoms. The first kappa shape index (κ1) is 20.5. The number of rotatable bonds is 2. The zero-order valence-electron chi connectivity index (χ0n) is 20.4. The van der Waals surface area contributed by atoms with E-state index in [1.165, 1.54) is 43.6 Å². The van der Waals surface area contributed by atoms with Gasteiger partial charge in [-0.05, 0) is 36.4 Å². The van der Waals surface area contributed by atoms with Crippen LogP contribution >= 0.6 is 9.79 Å². The minimum absolute atomic E-state index is 0. The Balaban J connectivity index is 0.000000637. The molecule has 3 nitrogen and oxygen atoms in total. The fourth-order valence-corrected chi connectivity index (χ4v) is 5.00. The van der Waals surface area contributed by atoms with Gasteiger partial charge in [0.15, 0.2) is 0 Å². The van der Waals surface area contributed by atoms with Crippen molar-refractivity contribution in [1.82, 2.24) is 14.1 Å². The number of hydrogen-bond donors (Lipinski definition) is 0. The Hall–Kier alpha value is -2.84. The van der Waals surface area contributed by atoms with E-state index in [4.69, 9.17) is 7.54 Å². The molecule has 4 aromatic carbocycles. The van der Waals surface area contributed by atoms with E-state index < -0.39 is 9.79 Å². The molecule has 0 fully saturated rings. The number of pyridine rings is 1. The maximum atomic E-state index is 5.90. The van der Waals surface area contributed by atoms with Crippen LogP contribution in [0, 0.1) is 0 Å². The summed E-state index contributed by atoms with van der Waals surface area (Å²) >= 11 is 0. The molecule has 7 aromatic rings. The van der Waals surface area contributed by atoms with Crippen molar-refractivity contribution in [2.75, 3.05) is 0 Å². The zero-order valence-corrected chi connectivity index (χ0v) is 22.2. The maximum absolute atomic E-state index is 5.90. The monoisotopic (exact) mass is 534 g/mol. The van der Waals surface area contributed by atoms with Crippen molar-refractivity contribution in [3.05, 3.63) is 115 Å². The third kappa shape index (κ3) is 3.34. The molecule has 0 aliphatic carbocycles. The van der Waals surface area contributed by atoms with Gasteiger partial charge in [0.2, 0.25) is 0 Å². The summed E-state index contributed by atoms with van der Waals surface area (Å²) in [6, 6.07) is 40.5. The number of nitrogens with zero attached hydrogens (tertiary/aromatic N) is 3. The molecular weight excluding hydrogens is 510 g/mol. The van der Waals surface area contributed by atoms with Gasteiger partial charge >= 0.3 is 0 Å². The quantitative estimate of drug-likeness (QED) is 0.213. The summed E-state index contributed by atoms with van der Waals surface area (Å²) in [4.78, 5) is 5.18. The predicted molar refractivity (Wildman–Crippen MR) is 144 cm³/mol. The smallest absolute Gasteiger partial charge is 0.140 e. The molecule has 161 valence electrons. The SMILES string of the molecule is [2H]P[2H].[Y].c1cc(-n2c3ccccc3c3ccccc32)nc(-n2c3ccccc3c3ccccc32)c1. The average molecular weight is 534 g/mol. The molecule has 0 aliphatic heterocycles. The van der Waals surface area contributed by atoms with Gasteiger partial charge in [0, 0.05) is 54.3 Å². The molecule has 0 aliphatic rings. The van der Waals surface area contributed by atoms with Crippen LogP contribution in [0.25, 0.3) is 55.2 Å². The molecular formula is C29H22N3PY. The van der Waals surface area contributed by atoms with E-state index >= 15 is 0 Å². The van der Waals surface area contributed by atoms with Crippen LogP contribution in [0.5, 0.6) is 0 Å². The molecule has 0 unspecified atom stereocenters. The van der Waals surface area contributed by atoms with Gasteiger partial charge in [-0.2, -0.15) is 9.79 Å². The Morgan fingerprint density at radius 3 is 1.09 bits per heavy atom. The molecule has 0 atom stereocenters. The van der Waals surface area contributed by atoms with Crippen molar-refractivity contribution in [2.24, 2.45) is 0 Å². The molecule has 3 aromatic heterocycles. The summed E-state index contributed by atoms with van der Waals surface area (Å²) in [5.41, 5.74) is 4.67. The fourth-order valence-electron chi connectivity index (χ4n) is 5.00. The van der Waals surface area contributed by atoms with E-state index in [0.29, 0.717) is 0 Å². The van der Waals surface area contributed by atoms with Gasteiger partial charge in [0.1, 0.15) is 11.6 Å². The zero-order chi connectivity index (χ0) is 23.8. The van der Waals surface area contributed by atoms with Crippen molar-refractivity contribution >= 4 is 53.4 Å². The van der Waals surface area contributed by atoms with Crippen molar-refractivity contribution in [3.8, 4) is 11.6 Å². The van der Waals surface area contributed by atoms with E-state index in [-0.39, 0.29) is 32.7 Å². The molecule has 0 spiro atoms. The van der Waals surface area contributed by atoms with Crippen molar-refractivity contribution in [1.29, 1.82) is 2.56 Å². The Kier molecular flexibility index (Phi) is 5.48. The summed E-state index contributed by atoms with van der Waals surface area (Å²) in [5.74, 6) is 1.84. The first-order chi connectivity index (χ1) is 17.3. The summed E-state index contributed by atoms with van der Waals surface area (Å²) in [5, 5.41) is 4.97. The van der Waals surface area contributed by atoms with Crippen LogP contribution in [0.2, 0.25) is 0 Å². The minimum Gasteiger partial charge on any atom is -0.294 e.